The molecule has 0 radical (unpaired) electrons. The van der Waals surface area contributed by atoms with Gasteiger partial charge in [0.05, 0.1) is 35.8 Å². The van der Waals surface area contributed by atoms with Crippen molar-refractivity contribution in [2.24, 2.45) is 11.8 Å². The van der Waals surface area contributed by atoms with Crippen molar-refractivity contribution in [1.82, 2.24) is 4.90 Å². The van der Waals surface area contributed by atoms with Crippen LogP contribution in [-0.2, 0) is 25.5 Å². The third-order valence-electron chi connectivity index (χ3n) is 10.1. The van der Waals surface area contributed by atoms with E-state index in [-0.39, 0.29) is 31.6 Å². The summed E-state index contributed by atoms with van der Waals surface area (Å²) >= 11 is 1.60. The van der Waals surface area contributed by atoms with Gasteiger partial charge in [-0.05, 0) is 76.3 Å². The zero-order chi connectivity index (χ0) is 33.1. The van der Waals surface area contributed by atoms with Gasteiger partial charge in [0.1, 0.15) is 6.04 Å². The number of amides is 2. The smallest absolute Gasteiger partial charge is 0.311 e. The Morgan fingerprint density at radius 2 is 1.74 bits per heavy atom. The summed E-state index contributed by atoms with van der Waals surface area (Å²) in [6.07, 6.45) is 5.59. The molecule has 2 unspecified atom stereocenters. The number of aliphatic hydroxyl groups is 1. The van der Waals surface area contributed by atoms with Crippen LogP contribution in [0.3, 0.4) is 0 Å². The summed E-state index contributed by atoms with van der Waals surface area (Å²) in [6.45, 7) is 15.8. The van der Waals surface area contributed by atoms with E-state index in [4.69, 9.17) is 4.74 Å². The molecule has 46 heavy (non-hydrogen) atoms. The molecule has 3 fully saturated rings. The second kappa shape index (κ2) is 14.1. The number of rotatable bonds is 15. The van der Waals surface area contributed by atoms with E-state index >= 15 is 4.79 Å². The van der Waals surface area contributed by atoms with Crippen LogP contribution in [0.5, 0.6) is 0 Å². The lowest BCUT2D eigenvalue weighted by Gasteiger charge is -2.39. The van der Waals surface area contributed by atoms with Gasteiger partial charge in [-0.2, -0.15) is 0 Å². The second-order valence-corrected chi connectivity index (χ2v) is 14.6. The Balaban J connectivity index is 1.58. The predicted octanol–water partition coefficient (Wildman–Crippen LogP) is 5.26. The predicted molar refractivity (Wildman–Crippen MR) is 185 cm³/mol. The summed E-state index contributed by atoms with van der Waals surface area (Å²) in [5.41, 5.74) is 2.73. The fourth-order valence-electron chi connectivity index (χ4n) is 7.90. The molecule has 2 aromatic rings. The van der Waals surface area contributed by atoms with Crippen molar-refractivity contribution in [3.05, 3.63) is 85.5 Å². The molecule has 3 saturated heterocycles. The minimum Gasteiger partial charge on any atom is -0.465 e. The van der Waals surface area contributed by atoms with Crippen molar-refractivity contribution in [1.29, 1.82) is 0 Å². The van der Waals surface area contributed by atoms with Crippen LogP contribution in [-0.4, -0.2) is 82.2 Å². The lowest BCUT2D eigenvalue weighted by atomic mass is 9.66. The van der Waals surface area contributed by atoms with E-state index in [9.17, 15) is 14.7 Å². The maximum atomic E-state index is 15.1. The highest BCUT2D eigenvalue weighted by Gasteiger charge is 2.78. The van der Waals surface area contributed by atoms with Gasteiger partial charge < -0.3 is 24.5 Å². The molecule has 0 aliphatic carbocycles. The lowest BCUT2D eigenvalue weighted by molar-refractivity contribution is -0.156. The number of esters is 1. The molecule has 2 amide bonds. The molecular formula is C37H47N3O5S. The monoisotopic (exact) mass is 645 g/mol. The first-order valence-corrected chi connectivity index (χ1v) is 17.2. The molecule has 8 nitrogen and oxygen atoms in total. The fourth-order valence-corrected chi connectivity index (χ4v) is 10.2. The second-order valence-electron chi connectivity index (χ2n) is 12.7. The standard InChI is InChI=1S/C37H47N3O5S/c1-6-10-23-45-35(44)31-30-33(42)40(29(25-41)24-26-14-12-11-13-15-26)32(37(30)21-20-36(31,5)46-37)34(43)39(22-7-2)28-18-16-27(17-19-28)38(8-3)9-4/h6-7,11-19,29-32,41H,1-2,8-10,20-25H2,3-5H3/t29-,30+,31-,32?,36+,37?/m1/s1. The Hall–Kier alpha value is -3.56. The third kappa shape index (κ3) is 5.88. The Labute approximate surface area is 277 Å². The highest BCUT2D eigenvalue weighted by molar-refractivity contribution is 8.02. The number of thioether (sulfide) groups is 1. The van der Waals surface area contributed by atoms with Gasteiger partial charge in [-0.1, -0.05) is 42.5 Å². The van der Waals surface area contributed by atoms with Gasteiger partial charge in [-0.25, -0.2) is 0 Å². The molecule has 3 aliphatic rings. The summed E-state index contributed by atoms with van der Waals surface area (Å²) in [4.78, 5) is 49.1. The number of carbonyl (C=O) groups is 3. The van der Waals surface area contributed by atoms with Crippen molar-refractivity contribution in [2.45, 2.75) is 68.0 Å². The van der Waals surface area contributed by atoms with Crippen molar-refractivity contribution in [3.8, 4) is 0 Å². The number of anilines is 2. The van der Waals surface area contributed by atoms with Crippen molar-refractivity contribution in [3.63, 3.8) is 0 Å². The molecule has 3 aliphatic heterocycles. The highest BCUT2D eigenvalue weighted by Crippen LogP contribution is 2.72. The minimum atomic E-state index is -0.883. The van der Waals surface area contributed by atoms with Gasteiger partial charge in [0.2, 0.25) is 5.91 Å². The summed E-state index contributed by atoms with van der Waals surface area (Å²) in [7, 11) is 0. The Morgan fingerprint density at radius 3 is 2.35 bits per heavy atom. The van der Waals surface area contributed by atoms with E-state index in [0.717, 1.165) is 24.3 Å². The summed E-state index contributed by atoms with van der Waals surface area (Å²) in [6, 6.07) is 16.1. The molecule has 246 valence electrons. The summed E-state index contributed by atoms with van der Waals surface area (Å²) < 4.78 is 4.32. The number of benzene rings is 2. The van der Waals surface area contributed by atoms with Gasteiger partial charge in [0, 0.05) is 35.8 Å². The molecule has 5 rings (SSSR count). The first kappa shape index (κ1) is 33.8. The Kier molecular flexibility index (Phi) is 10.3. The van der Waals surface area contributed by atoms with Crippen LogP contribution in [0.25, 0.3) is 0 Å². The average molecular weight is 646 g/mol. The van der Waals surface area contributed by atoms with E-state index < -0.39 is 39.4 Å². The van der Waals surface area contributed by atoms with E-state index in [1.165, 1.54) is 0 Å². The van der Waals surface area contributed by atoms with Crippen LogP contribution >= 0.6 is 11.8 Å². The number of hydrogen-bond donors (Lipinski definition) is 1. The van der Waals surface area contributed by atoms with E-state index in [1.807, 2.05) is 61.5 Å². The highest BCUT2D eigenvalue weighted by atomic mass is 32.2. The first-order valence-electron chi connectivity index (χ1n) is 16.4. The summed E-state index contributed by atoms with van der Waals surface area (Å²) in [5, 5.41) is 10.8. The number of ether oxygens (including phenoxy) is 1. The van der Waals surface area contributed by atoms with Crippen molar-refractivity contribution in [2.75, 3.05) is 42.6 Å². The van der Waals surface area contributed by atoms with Crippen LogP contribution in [0.2, 0.25) is 0 Å². The van der Waals surface area contributed by atoms with E-state index in [1.54, 1.807) is 33.7 Å². The van der Waals surface area contributed by atoms with Crippen LogP contribution in [0, 0.1) is 11.8 Å². The maximum absolute atomic E-state index is 15.1. The topological polar surface area (TPSA) is 90.4 Å². The van der Waals surface area contributed by atoms with E-state index in [0.29, 0.717) is 31.4 Å². The first-order chi connectivity index (χ1) is 22.2. The molecule has 1 N–H and O–H groups in total. The fraction of sp³-hybridized carbons (Fsp3) is 0.486. The lowest BCUT2D eigenvalue weighted by Crippen LogP contribution is -2.58. The molecule has 2 aromatic carbocycles. The van der Waals surface area contributed by atoms with Crippen LogP contribution in [0.15, 0.2) is 79.9 Å². The number of aliphatic hydroxyl groups excluding tert-OH is 1. The Bertz CT molecular complexity index is 1430. The molecule has 0 saturated carbocycles. The van der Waals surface area contributed by atoms with Gasteiger partial charge >= 0.3 is 5.97 Å². The molecule has 2 bridgehead atoms. The largest absolute Gasteiger partial charge is 0.465 e. The normalized spacial score (nSPS) is 26.8. The minimum absolute atomic E-state index is 0.198. The maximum Gasteiger partial charge on any atom is 0.311 e. The molecule has 0 aromatic heterocycles. The van der Waals surface area contributed by atoms with Gasteiger partial charge in [-0.15, -0.1) is 24.9 Å². The SMILES string of the molecule is C=CCCOC(=O)[C@H]1[C@H]2C(=O)N([C@@H](CO)Cc3ccccc3)C(C(=O)N(CC=C)c3ccc(N(CC)CC)cc3)C23CC[C@]1(C)S3. The van der Waals surface area contributed by atoms with Crippen LogP contribution in [0.1, 0.15) is 45.6 Å². The van der Waals surface area contributed by atoms with Crippen molar-refractivity contribution >= 4 is 40.9 Å². The molecule has 3 heterocycles. The number of carbonyl (C=O) groups excluding carboxylic acids is 3. The van der Waals surface area contributed by atoms with Crippen LogP contribution in [0.4, 0.5) is 11.4 Å². The zero-order valence-corrected chi connectivity index (χ0v) is 28.1. The molecule has 1 spiro atoms. The number of fused-ring (bicyclic) bond motifs is 1. The van der Waals surface area contributed by atoms with Gasteiger partial charge in [0.25, 0.3) is 5.91 Å². The van der Waals surface area contributed by atoms with Gasteiger partial charge in [-0.3, -0.25) is 14.4 Å². The third-order valence-corrected chi connectivity index (χ3v) is 12.0. The summed E-state index contributed by atoms with van der Waals surface area (Å²) in [5.74, 6) is -2.31. The van der Waals surface area contributed by atoms with Crippen LogP contribution < -0.4 is 9.80 Å². The Morgan fingerprint density at radius 1 is 1.07 bits per heavy atom. The number of hydrogen-bond acceptors (Lipinski definition) is 7. The molecular weight excluding hydrogens is 598 g/mol. The molecule has 9 heteroatoms. The quantitative estimate of drug-likeness (QED) is 0.161. The average Bonchev–Trinajstić information content (AvgIpc) is 3.64. The molecule has 6 atom stereocenters. The zero-order valence-electron chi connectivity index (χ0n) is 27.3. The van der Waals surface area contributed by atoms with E-state index in [2.05, 4.69) is 31.9 Å². The van der Waals surface area contributed by atoms with Gasteiger partial charge in [0.15, 0.2) is 0 Å². The number of likely N-dealkylation sites (tertiary alicyclic amines) is 1. The number of nitrogens with zero attached hydrogens (tertiary/aromatic N) is 3. The van der Waals surface area contributed by atoms with Crippen molar-refractivity contribution < 1.29 is 24.2 Å².